The van der Waals surface area contributed by atoms with Gasteiger partial charge in [-0.25, -0.2) is 22.4 Å². The van der Waals surface area contributed by atoms with Gasteiger partial charge >= 0.3 is 5.97 Å². The maximum Gasteiger partial charge on any atom is 0.338 e. The molecule has 21 heavy (non-hydrogen) atoms. The standard InChI is InChI=1S/C13H8F4N2O2/c14-5-1-8(16)12(9(17)2-5)19-11-4-7(15)6(13(20)21)3-10(11)18/h1-4,19H,18H2,(H,20,21). The second kappa shape index (κ2) is 5.31. The minimum atomic E-state index is -1.54. The normalized spacial score (nSPS) is 10.5. The number of carboxylic acid groups (broad SMARTS) is 1. The van der Waals surface area contributed by atoms with E-state index in [1.54, 1.807) is 0 Å². The van der Waals surface area contributed by atoms with Crippen molar-refractivity contribution in [3.8, 4) is 0 Å². The van der Waals surface area contributed by atoms with Crippen molar-refractivity contribution in [1.29, 1.82) is 0 Å². The van der Waals surface area contributed by atoms with Crippen molar-refractivity contribution in [3.63, 3.8) is 0 Å². The highest BCUT2D eigenvalue weighted by molar-refractivity contribution is 5.91. The van der Waals surface area contributed by atoms with Gasteiger partial charge in [0.15, 0.2) is 11.6 Å². The summed E-state index contributed by atoms with van der Waals surface area (Å²) in [7, 11) is 0. The van der Waals surface area contributed by atoms with Crippen LogP contribution in [0.1, 0.15) is 10.4 Å². The number of carbonyl (C=O) groups is 1. The van der Waals surface area contributed by atoms with Gasteiger partial charge in [-0.2, -0.15) is 0 Å². The smallest absolute Gasteiger partial charge is 0.338 e. The summed E-state index contributed by atoms with van der Waals surface area (Å²) in [5.74, 6) is -6.27. The molecule has 2 aromatic rings. The first kappa shape index (κ1) is 14.6. The quantitative estimate of drug-likeness (QED) is 0.600. The number of nitrogen functional groups attached to an aromatic ring is 1. The summed E-state index contributed by atoms with van der Waals surface area (Å²) in [6, 6.07) is 2.35. The van der Waals surface area contributed by atoms with Crippen LogP contribution in [-0.2, 0) is 0 Å². The van der Waals surface area contributed by atoms with Crippen LogP contribution in [0.25, 0.3) is 0 Å². The summed E-state index contributed by atoms with van der Waals surface area (Å²) in [5.41, 5.74) is 3.59. The minimum Gasteiger partial charge on any atom is -0.478 e. The summed E-state index contributed by atoms with van der Waals surface area (Å²) in [6.07, 6.45) is 0. The number of aromatic carboxylic acids is 1. The molecule has 0 heterocycles. The first-order valence-corrected chi connectivity index (χ1v) is 5.53. The Morgan fingerprint density at radius 1 is 1.00 bits per heavy atom. The Morgan fingerprint density at radius 3 is 2.10 bits per heavy atom. The molecule has 4 nitrogen and oxygen atoms in total. The van der Waals surface area contributed by atoms with Crippen molar-refractivity contribution in [2.24, 2.45) is 0 Å². The van der Waals surface area contributed by atoms with E-state index in [1.807, 2.05) is 0 Å². The molecule has 2 aromatic carbocycles. The van der Waals surface area contributed by atoms with Crippen molar-refractivity contribution in [1.82, 2.24) is 0 Å². The fraction of sp³-hybridized carbons (Fsp3) is 0. The first-order chi connectivity index (χ1) is 9.79. The lowest BCUT2D eigenvalue weighted by molar-refractivity contribution is 0.0692. The highest BCUT2D eigenvalue weighted by Gasteiger charge is 2.17. The molecule has 0 spiro atoms. The molecule has 0 aliphatic rings. The van der Waals surface area contributed by atoms with Crippen molar-refractivity contribution < 1.29 is 27.5 Å². The van der Waals surface area contributed by atoms with E-state index in [0.717, 1.165) is 6.07 Å². The third-order valence-electron chi connectivity index (χ3n) is 2.64. The van der Waals surface area contributed by atoms with E-state index in [1.165, 1.54) is 0 Å². The van der Waals surface area contributed by atoms with Gasteiger partial charge in [0, 0.05) is 18.2 Å². The Labute approximate surface area is 115 Å². The van der Waals surface area contributed by atoms with E-state index in [9.17, 15) is 22.4 Å². The fourth-order valence-corrected chi connectivity index (χ4v) is 1.66. The highest BCUT2D eigenvalue weighted by atomic mass is 19.1. The van der Waals surface area contributed by atoms with Crippen LogP contribution < -0.4 is 11.1 Å². The third kappa shape index (κ3) is 2.88. The number of nitrogens with two attached hydrogens (primary N) is 1. The zero-order valence-electron chi connectivity index (χ0n) is 10.3. The van der Waals surface area contributed by atoms with Crippen LogP contribution in [0.15, 0.2) is 24.3 Å². The second-order valence-electron chi connectivity index (χ2n) is 4.09. The van der Waals surface area contributed by atoms with Gasteiger partial charge in [0.25, 0.3) is 0 Å². The minimum absolute atomic E-state index is 0.239. The van der Waals surface area contributed by atoms with Crippen LogP contribution in [-0.4, -0.2) is 11.1 Å². The third-order valence-corrected chi connectivity index (χ3v) is 2.64. The molecule has 0 bridgehead atoms. The van der Waals surface area contributed by atoms with Gasteiger partial charge in [0.05, 0.1) is 16.9 Å². The maximum atomic E-state index is 13.5. The predicted molar refractivity (Wildman–Crippen MR) is 67.4 cm³/mol. The molecule has 0 fully saturated rings. The number of hydrogen-bond acceptors (Lipinski definition) is 3. The SMILES string of the molecule is Nc1cc(C(=O)O)c(F)cc1Nc1c(F)cc(F)cc1F. The fourth-order valence-electron chi connectivity index (χ4n) is 1.66. The zero-order chi connectivity index (χ0) is 15.7. The predicted octanol–water partition coefficient (Wildman–Crippen LogP) is 3.27. The second-order valence-corrected chi connectivity index (χ2v) is 4.09. The van der Waals surface area contributed by atoms with E-state index >= 15 is 0 Å². The molecule has 8 heteroatoms. The summed E-state index contributed by atoms with van der Waals surface area (Å²) >= 11 is 0. The summed E-state index contributed by atoms with van der Waals surface area (Å²) in [6.45, 7) is 0. The van der Waals surface area contributed by atoms with Crippen LogP contribution in [0, 0.1) is 23.3 Å². The van der Waals surface area contributed by atoms with E-state index in [4.69, 9.17) is 10.8 Å². The molecule has 0 atom stereocenters. The Bertz CT molecular complexity index is 711. The number of benzene rings is 2. The Kier molecular flexibility index (Phi) is 3.70. The largest absolute Gasteiger partial charge is 0.478 e. The van der Waals surface area contributed by atoms with Crippen LogP contribution in [0.3, 0.4) is 0 Å². The van der Waals surface area contributed by atoms with Gasteiger partial charge < -0.3 is 16.2 Å². The van der Waals surface area contributed by atoms with Crippen LogP contribution in [0.2, 0.25) is 0 Å². The Morgan fingerprint density at radius 2 is 1.57 bits per heavy atom. The molecular weight excluding hydrogens is 292 g/mol. The number of hydrogen-bond donors (Lipinski definition) is 3. The average Bonchev–Trinajstić information content (AvgIpc) is 2.36. The summed E-state index contributed by atoms with van der Waals surface area (Å²) in [4.78, 5) is 10.7. The first-order valence-electron chi connectivity index (χ1n) is 5.53. The topological polar surface area (TPSA) is 75.4 Å². The maximum absolute atomic E-state index is 13.5. The van der Waals surface area contributed by atoms with E-state index in [0.29, 0.717) is 18.2 Å². The van der Waals surface area contributed by atoms with Gasteiger partial charge in [0.1, 0.15) is 17.3 Å². The van der Waals surface area contributed by atoms with Gasteiger partial charge in [-0.3, -0.25) is 0 Å². The molecular formula is C13H8F4N2O2. The zero-order valence-corrected chi connectivity index (χ0v) is 10.3. The summed E-state index contributed by atoms with van der Waals surface area (Å²) in [5, 5.41) is 10.9. The number of halogens is 4. The Balaban J connectivity index is 2.46. The Hall–Kier alpha value is -2.77. The monoisotopic (exact) mass is 300 g/mol. The van der Waals surface area contributed by atoms with Gasteiger partial charge in [-0.05, 0) is 6.07 Å². The average molecular weight is 300 g/mol. The van der Waals surface area contributed by atoms with Gasteiger partial charge in [0.2, 0.25) is 0 Å². The number of nitrogens with one attached hydrogen (secondary N) is 1. The highest BCUT2D eigenvalue weighted by Crippen LogP contribution is 2.29. The van der Waals surface area contributed by atoms with E-state index in [-0.39, 0.29) is 11.4 Å². The molecule has 0 aliphatic heterocycles. The molecule has 0 aromatic heterocycles. The number of carboxylic acids is 1. The molecule has 0 saturated heterocycles. The van der Waals surface area contributed by atoms with Crippen molar-refractivity contribution >= 4 is 23.0 Å². The lowest BCUT2D eigenvalue weighted by Gasteiger charge is -2.12. The lowest BCUT2D eigenvalue weighted by atomic mass is 10.1. The summed E-state index contributed by atoms with van der Waals surface area (Å²) < 4.78 is 53.2. The molecule has 2 rings (SSSR count). The molecule has 0 unspecified atom stereocenters. The van der Waals surface area contributed by atoms with Crippen LogP contribution in [0.5, 0.6) is 0 Å². The van der Waals surface area contributed by atoms with Crippen molar-refractivity contribution in [2.45, 2.75) is 0 Å². The number of anilines is 3. The molecule has 4 N–H and O–H groups in total. The number of rotatable bonds is 3. The van der Waals surface area contributed by atoms with Crippen molar-refractivity contribution in [3.05, 3.63) is 53.1 Å². The van der Waals surface area contributed by atoms with E-state index < -0.39 is 40.5 Å². The molecule has 0 aliphatic carbocycles. The molecule has 0 radical (unpaired) electrons. The van der Waals surface area contributed by atoms with Gasteiger partial charge in [-0.1, -0.05) is 0 Å². The molecule has 0 amide bonds. The molecule has 110 valence electrons. The van der Waals surface area contributed by atoms with Crippen LogP contribution in [0.4, 0.5) is 34.6 Å². The van der Waals surface area contributed by atoms with Crippen LogP contribution >= 0.6 is 0 Å². The van der Waals surface area contributed by atoms with Crippen molar-refractivity contribution in [2.75, 3.05) is 11.1 Å². The lowest BCUT2D eigenvalue weighted by Crippen LogP contribution is -2.06. The van der Waals surface area contributed by atoms with E-state index in [2.05, 4.69) is 5.32 Å². The molecule has 0 saturated carbocycles. The van der Waals surface area contributed by atoms with Gasteiger partial charge in [-0.15, -0.1) is 0 Å².